The summed E-state index contributed by atoms with van der Waals surface area (Å²) in [4.78, 5) is 4.24. The second-order valence-corrected chi connectivity index (χ2v) is 4.20. The van der Waals surface area contributed by atoms with Crippen molar-refractivity contribution < 1.29 is 14.6 Å². The van der Waals surface area contributed by atoms with Gasteiger partial charge < -0.3 is 14.6 Å². The van der Waals surface area contributed by atoms with E-state index in [9.17, 15) is 5.11 Å². The molecule has 0 aliphatic heterocycles. The van der Waals surface area contributed by atoms with Crippen molar-refractivity contribution in [2.24, 2.45) is 0 Å². The van der Waals surface area contributed by atoms with Crippen molar-refractivity contribution in [1.29, 1.82) is 0 Å². The van der Waals surface area contributed by atoms with Crippen LogP contribution in [0.25, 0.3) is 0 Å². The number of hydrogen-bond donors (Lipinski definition) is 1. The summed E-state index contributed by atoms with van der Waals surface area (Å²) in [5.74, 6) is 1.40. The van der Waals surface area contributed by atoms with Crippen LogP contribution in [0.2, 0.25) is 0 Å². The van der Waals surface area contributed by atoms with Gasteiger partial charge in [-0.1, -0.05) is 12.1 Å². The van der Waals surface area contributed by atoms with Crippen LogP contribution in [0.1, 0.15) is 17.0 Å². The van der Waals surface area contributed by atoms with E-state index in [2.05, 4.69) is 4.98 Å². The average molecular weight is 259 g/mol. The Bertz CT molecular complexity index is 555. The zero-order valence-electron chi connectivity index (χ0n) is 11.1. The molecule has 2 aromatic rings. The molecule has 2 rings (SSSR count). The third kappa shape index (κ3) is 3.45. The summed E-state index contributed by atoms with van der Waals surface area (Å²) < 4.78 is 10.9. The lowest BCUT2D eigenvalue weighted by Gasteiger charge is -2.10. The van der Waals surface area contributed by atoms with E-state index in [1.165, 1.54) is 0 Å². The standard InChI is InChI=1S/C15H17NO3/c1-11-6-7-15(14(9-17)16-11)19-10-12-4-3-5-13(8-12)18-2/h3-8,17H,9-10H2,1-2H3. The number of pyridine rings is 1. The summed E-state index contributed by atoms with van der Waals surface area (Å²) in [7, 11) is 1.63. The third-order valence-electron chi connectivity index (χ3n) is 2.75. The van der Waals surface area contributed by atoms with Crippen molar-refractivity contribution >= 4 is 0 Å². The van der Waals surface area contributed by atoms with E-state index in [0.29, 0.717) is 18.1 Å². The first kappa shape index (κ1) is 13.4. The van der Waals surface area contributed by atoms with Gasteiger partial charge in [0, 0.05) is 5.69 Å². The molecule has 19 heavy (non-hydrogen) atoms. The predicted octanol–water partition coefficient (Wildman–Crippen LogP) is 2.47. The molecule has 0 aliphatic rings. The molecule has 1 aromatic carbocycles. The molecule has 0 saturated carbocycles. The molecule has 0 spiro atoms. The first-order valence-electron chi connectivity index (χ1n) is 6.06. The van der Waals surface area contributed by atoms with Crippen LogP contribution in [0.4, 0.5) is 0 Å². The second kappa shape index (κ2) is 6.20. The van der Waals surface area contributed by atoms with E-state index in [0.717, 1.165) is 17.0 Å². The minimum absolute atomic E-state index is 0.130. The minimum Gasteiger partial charge on any atom is -0.497 e. The molecule has 0 saturated heterocycles. The summed E-state index contributed by atoms with van der Waals surface area (Å²) in [6.45, 7) is 2.16. The van der Waals surface area contributed by atoms with Crippen LogP contribution in [-0.4, -0.2) is 17.2 Å². The summed E-state index contributed by atoms with van der Waals surface area (Å²) in [6, 6.07) is 11.4. The molecule has 1 aromatic heterocycles. The van der Waals surface area contributed by atoms with Gasteiger partial charge in [0.05, 0.1) is 13.7 Å². The van der Waals surface area contributed by atoms with Crippen molar-refractivity contribution in [3.63, 3.8) is 0 Å². The number of aliphatic hydroxyl groups excluding tert-OH is 1. The maximum absolute atomic E-state index is 9.26. The van der Waals surface area contributed by atoms with Gasteiger partial charge in [-0.15, -0.1) is 0 Å². The van der Waals surface area contributed by atoms with Gasteiger partial charge >= 0.3 is 0 Å². The monoisotopic (exact) mass is 259 g/mol. The van der Waals surface area contributed by atoms with Crippen LogP contribution in [0.3, 0.4) is 0 Å². The summed E-state index contributed by atoms with van der Waals surface area (Å²) >= 11 is 0. The van der Waals surface area contributed by atoms with E-state index >= 15 is 0 Å². The van der Waals surface area contributed by atoms with Gasteiger partial charge in [-0.2, -0.15) is 0 Å². The molecule has 4 heteroatoms. The highest BCUT2D eigenvalue weighted by Crippen LogP contribution is 2.19. The lowest BCUT2D eigenvalue weighted by molar-refractivity contribution is 0.253. The summed E-state index contributed by atoms with van der Waals surface area (Å²) in [6.07, 6.45) is 0. The Hall–Kier alpha value is -2.07. The molecule has 4 nitrogen and oxygen atoms in total. The highest BCUT2D eigenvalue weighted by atomic mass is 16.5. The molecule has 0 aliphatic carbocycles. The van der Waals surface area contributed by atoms with E-state index in [-0.39, 0.29) is 6.61 Å². The molecule has 100 valence electrons. The average Bonchev–Trinajstić information content (AvgIpc) is 2.46. The smallest absolute Gasteiger partial charge is 0.143 e. The molecular formula is C15H17NO3. The fourth-order valence-electron chi connectivity index (χ4n) is 1.77. The third-order valence-corrected chi connectivity index (χ3v) is 2.75. The molecular weight excluding hydrogens is 242 g/mol. The van der Waals surface area contributed by atoms with Crippen molar-refractivity contribution in [3.8, 4) is 11.5 Å². The summed E-state index contributed by atoms with van der Waals surface area (Å²) in [5.41, 5.74) is 2.42. The maximum Gasteiger partial charge on any atom is 0.143 e. The summed E-state index contributed by atoms with van der Waals surface area (Å²) in [5, 5.41) is 9.26. The van der Waals surface area contributed by atoms with Crippen molar-refractivity contribution in [3.05, 3.63) is 53.3 Å². The molecule has 0 atom stereocenters. The molecule has 0 fully saturated rings. The number of nitrogens with zero attached hydrogens (tertiary/aromatic N) is 1. The Labute approximate surface area is 112 Å². The second-order valence-electron chi connectivity index (χ2n) is 4.20. The SMILES string of the molecule is COc1cccc(COc2ccc(C)nc2CO)c1. The van der Waals surface area contributed by atoms with Gasteiger partial charge in [-0.3, -0.25) is 4.98 Å². The fraction of sp³-hybridized carbons (Fsp3) is 0.267. The lowest BCUT2D eigenvalue weighted by Crippen LogP contribution is -2.01. The molecule has 1 heterocycles. The van der Waals surface area contributed by atoms with Gasteiger partial charge in [0.1, 0.15) is 23.8 Å². The number of ether oxygens (including phenoxy) is 2. The van der Waals surface area contributed by atoms with Crippen LogP contribution < -0.4 is 9.47 Å². The molecule has 0 unspecified atom stereocenters. The lowest BCUT2D eigenvalue weighted by atomic mass is 10.2. The Morgan fingerprint density at radius 3 is 2.79 bits per heavy atom. The minimum atomic E-state index is -0.130. The highest BCUT2D eigenvalue weighted by molar-refractivity contribution is 5.31. The van der Waals surface area contributed by atoms with Crippen LogP contribution in [0, 0.1) is 6.92 Å². The van der Waals surface area contributed by atoms with Gasteiger partial charge in [0.25, 0.3) is 0 Å². The van der Waals surface area contributed by atoms with Gasteiger partial charge in [-0.25, -0.2) is 0 Å². The predicted molar refractivity (Wildman–Crippen MR) is 72.2 cm³/mol. The van der Waals surface area contributed by atoms with E-state index in [4.69, 9.17) is 9.47 Å². The van der Waals surface area contributed by atoms with Gasteiger partial charge in [-0.05, 0) is 36.8 Å². The van der Waals surface area contributed by atoms with E-state index < -0.39 is 0 Å². The first-order valence-corrected chi connectivity index (χ1v) is 6.06. The molecule has 0 amide bonds. The van der Waals surface area contributed by atoms with Crippen LogP contribution in [0.5, 0.6) is 11.5 Å². The Kier molecular flexibility index (Phi) is 4.36. The van der Waals surface area contributed by atoms with Crippen LogP contribution >= 0.6 is 0 Å². The van der Waals surface area contributed by atoms with E-state index in [1.807, 2.05) is 43.3 Å². The van der Waals surface area contributed by atoms with E-state index in [1.54, 1.807) is 7.11 Å². The number of aliphatic hydroxyl groups is 1. The van der Waals surface area contributed by atoms with Crippen molar-refractivity contribution in [1.82, 2.24) is 4.98 Å². The Balaban J connectivity index is 2.09. The number of methoxy groups -OCH3 is 1. The van der Waals surface area contributed by atoms with Gasteiger partial charge in [0.15, 0.2) is 0 Å². The van der Waals surface area contributed by atoms with Crippen molar-refractivity contribution in [2.45, 2.75) is 20.1 Å². The highest BCUT2D eigenvalue weighted by Gasteiger charge is 2.05. The number of aromatic nitrogens is 1. The zero-order chi connectivity index (χ0) is 13.7. The number of aryl methyl sites for hydroxylation is 1. The normalized spacial score (nSPS) is 10.3. The van der Waals surface area contributed by atoms with Crippen molar-refractivity contribution in [2.75, 3.05) is 7.11 Å². The Morgan fingerprint density at radius 2 is 2.05 bits per heavy atom. The van der Waals surface area contributed by atoms with Crippen LogP contribution in [0.15, 0.2) is 36.4 Å². The first-order chi connectivity index (χ1) is 9.22. The fourth-order valence-corrected chi connectivity index (χ4v) is 1.77. The van der Waals surface area contributed by atoms with Gasteiger partial charge in [0.2, 0.25) is 0 Å². The molecule has 1 N–H and O–H groups in total. The topological polar surface area (TPSA) is 51.6 Å². The number of benzene rings is 1. The number of hydrogen-bond acceptors (Lipinski definition) is 4. The quantitative estimate of drug-likeness (QED) is 0.896. The molecule has 0 radical (unpaired) electrons. The maximum atomic E-state index is 9.26. The van der Waals surface area contributed by atoms with Crippen LogP contribution in [-0.2, 0) is 13.2 Å². The number of rotatable bonds is 5. The zero-order valence-corrected chi connectivity index (χ0v) is 11.1. The largest absolute Gasteiger partial charge is 0.497 e. The molecule has 0 bridgehead atoms. The Morgan fingerprint density at radius 1 is 1.21 bits per heavy atom.